The van der Waals surface area contributed by atoms with Gasteiger partial charge in [0.25, 0.3) is 0 Å². The lowest BCUT2D eigenvalue weighted by Gasteiger charge is -2.17. The summed E-state index contributed by atoms with van der Waals surface area (Å²) in [6.07, 6.45) is 4.95. The molecule has 162 valence electrons. The summed E-state index contributed by atoms with van der Waals surface area (Å²) in [7, 11) is 0. The van der Waals surface area contributed by atoms with Gasteiger partial charge in [-0.3, -0.25) is 19.3 Å². The number of aryl methyl sites for hydroxylation is 2. The lowest BCUT2D eigenvalue weighted by Crippen LogP contribution is -2.39. The number of likely N-dealkylation sites (tertiary alicyclic amines) is 1. The number of anilines is 1. The number of fused-ring (bicyclic) bond motifs is 5. The summed E-state index contributed by atoms with van der Waals surface area (Å²) < 4.78 is 0. The third-order valence-electron chi connectivity index (χ3n) is 6.60. The predicted molar refractivity (Wildman–Crippen MR) is 120 cm³/mol. The van der Waals surface area contributed by atoms with Gasteiger partial charge in [0.1, 0.15) is 12.2 Å². The Bertz CT molecular complexity index is 1140. The van der Waals surface area contributed by atoms with Crippen molar-refractivity contribution in [2.45, 2.75) is 20.3 Å². The molecule has 1 heterocycles. The van der Waals surface area contributed by atoms with Crippen molar-refractivity contribution in [2.24, 2.45) is 33.9 Å². The molecular weight excluding hydrogens is 404 g/mol. The molecule has 2 aromatic carbocycles. The number of hydrogen-bond acceptors (Lipinski definition) is 5. The largest absolute Gasteiger partial charge is 0.323 e. The van der Waals surface area contributed by atoms with Crippen molar-refractivity contribution in [3.05, 3.63) is 65.7 Å². The molecule has 3 aliphatic rings. The summed E-state index contributed by atoms with van der Waals surface area (Å²) in [6.45, 7) is 3.64. The van der Waals surface area contributed by atoms with Gasteiger partial charge in [-0.05, 0) is 61.9 Å². The van der Waals surface area contributed by atoms with Gasteiger partial charge in [0.05, 0.1) is 23.2 Å². The van der Waals surface area contributed by atoms with E-state index in [-0.39, 0.29) is 42.0 Å². The van der Waals surface area contributed by atoms with Crippen LogP contribution in [-0.4, -0.2) is 29.2 Å². The van der Waals surface area contributed by atoms with E-state index in [2.05, 4.69) is 15.5 Å². The topological polar surface area (TPSA) is 91.2 Å². The Hall–Kier alpha value is -3.61. The van der Waals surface area contributed by atoms with Gasteiger partial charge in [0.2, 0.25) is 17.7 Å². The Balaban J connectivity index is 1.30. The van der Waals surface area contributed by atoms with E-state index in [1.165, 1.54) is 0 Å². The normalized spacial score (nSPS) is 25.8. The van der Waals surface area contributed by atoms with E-state index in [9.17, 15) is 14.4 Å². The molecule has 1 saturated heterocycles. The first kappa shape index (κ1) is 20.3. The van der Waals surface area contributed by atoms with E-state index in [0.29, 0.717) is 17.1 Å². The standard InChI is InChI=1S/C25H24N4O3/c1-14-3-8-18(9-4-14)27-28-20-11-15(2)5-10-19(20)26-21(30)13-29-24(31)22-16-6-7-17(12-16)23(22)25(29)32/h3-11,16-17,22-23H,12-13H2,1-2H3,(H,26,30). The van der Waals surface area contributed by atoms with Crippen LogP contribution in [-0.2, 0) is 14.4 Å². The molecule has 2 aliphatic carbocycles. The van der Waals surface area contributed by atoms with Gasteiger partial charge in [-0.2, -0.15) is 5.11 Å². The van der Waals surface area contributed by atoms with E-state index >= 15 is 0 Å². The Morgan fingerprint density at radius 3 is 2.22 bits per heavy atom. The van der Waals surface area contributed by atoms with Crippen LogP contribution < -0.4 is 5.32 Å². The molecule has 2 fully saturated rings. The molecule has 2 bridgehead atoms. The molecule has 0 aromatic heterocycles. The van der Waals surface area contributed by atoms with E-state index in [4.69, 9.17) is 0 Å². The molecule has 1 aliphatic heterocycles. The molecular formula is C25H24N4O3. The minimum atomic E-state index is -0.428. The predicted octanol–water partition coefficient (Wildman–Crippen LogP) is 4.46. The summed E-state index contributed by atoms with van der Waals surface area (Å²) in [5, 5.41) is 11.4. The Kier molecular flexibility index (Phi) is 4.96. The van der Waals surface area contributed by atoms with Crippen LogP contribution in [0, 0.1) is 37.5 Å². The Morgan fingerprint density at radius 2 is 1.56 bits per heavy atom. The summed E-state index contributed by atoms with van der Waals surface area (Å²) in [6, 6.07) is 13.1. The number of rotatable bonds is 5. The van der Waals surface area contributed by atoms with Gasteiger partial charge in [-0.25, -0.2) is 0 Å². The number of carbonyl (C=O) groups is 3. The van der Waals surface area contributed by atoms with Crippen molar-refractivity contribution in [3.8, 4) is 0 Å². The van der Waals surface area contributed by atoms with Crippen molar-refractivity contribution in [2.75, 3.05) is 11.9 Å². The smallest absolute Gasteiger partial charge is 0.244 e. The van der Waals surface area contributed by atoms with Gasteiger partial charge >= 0.3 is 0 Å². The molecule has 0 spiro atoms. The number of nitrogens with one attached hydrogen (secondary N) is 1. The Labute approximate surface area is 186 Å². The number of hydrogen-bond donors (Lipinski definition) is 1. The van der Waals surface area contributed by atoms with E-state index < -0.39 is 5.91 Å². The number of nitrogens with zero attached hydrogens (tertiary/aromatic N) is 3. The van der Waals surface area contributed by atoms with E-state index in [0.717, 1.165) is 22.4 Å². The lowest BCUT2D eigenvalue weighted by atomic mass is 9.85. The summed E-state index contributed by atoms with van der Waals surface area (Å²) >= 11 is 0. The molecule has 1 saturated carbocycles. The van der Waals surface area contributed by atoms with E-state index in [1.807, 2.05) is 62.4 Å². The SMILES string of the molecule is Cc1ccc(N=Nc2cc(C)ccc2NC(=O)CN2C(=O)C3C4C=CC(C4)C3C2=O)cc1. The van der Waals surface area contributed by atoms with Crippen LogP contribution in [0.25, 0.3) is 0 Å². The van der Waals surface area contributed by atoms with Crippen LogP contribution >= 0.6 is 0 Å². The first-order valence-electron chi connectivity index (χ1n) is 10.8. The molecule has 4 atom stereocenters. The number of amides is 3. The van der Waals surface area contributed by atoms with Crippen LogP contribution in [0.3, 0.4) is 0 Å². The maximum atomic E-state index is 12.8. The molecule has 4 unspecified atom stereocenters. The third-order valence-corrected chi connectivity index (χ3v) is 6.60. The monoisotopic (exact) mass is 428 g/mol. The molecule has 0 radical (unpaired) electrons. The zero-order chi connectivity index (χ0) is 22.4. The fourth-order valence-electron chi connectivity index (χ4n) is 5.01. The summed E-state index contributed by atoms with van der Waals surface area (Å²) in [4.78, 5) is 39.5. The van der Waals surface area contributed by atoms with Gasteiger partial charge in [-0.1, -0.05) is 35.9 Å². The molecule has 2 aromatic rings. The van der Waals surface area contributed by atoms with Gasteiger partial charge in [-0.15, -0.1) is 5.11 Å². The highest BCUT2D eigenvalue weighted by Gasteiger charge is 2.59. The quantitative estimate of drug-likeness (QED) is 0.433. The van der Waals surface area contributed by atoms with Crippen molar-refractivity contribution >= 4 is 34.8 Å². The second-order valence-electron chi connectivity index (χ2n) is 8.87. The van der Waals surface area contributed by atoms with Crippen LogP contribution in [0.1, 0.15) is 17.5 Å². The third kappa shape index (κ3) is 3.53. The van der Waals surface area contributed by atoms with Crippen LogP contribution in [0.2, 0.25) is 0 Å². The van der Waals surface area contributed by atoms with Crippen molar-refractivity contribution < 1.29 is 14.4 Å². The number of benzene rings is 2. The highest BCUT2D eigenvalue weighted by molar-refractivity contribution is 6.09. The number of carbonyl (C=O) groups excluding carboxylic acids is 3. The summed E-state index contributed by atoms with van der Waals surface area (Å²) in [5.74, 6) is -1.24. The minimum absolute atomic E-state index is 0.125. The first-order valence-corrected chi connectivity index (χ1v) is 10.8. The highest BCUT2D eigenvalue weighted by Crippen LogP contribution is 2.52. The number of allylic oxidation sites excluding steroid dienone is 2. The molecule has 5 rings (SSSR count). The minimum Gasteiger partial charge on any atom is -0.323 e. The van der Waals surface area contributed by atoms with Gasteiger partial charge in [0.15, 0.2) is 0 Å². The number of imide groups is 1. The Morgan fingerprint density at radius 1 is 0.938 bits per heavy atom. The summed E-state index contributed by atoms with van der Waals surface area (Å²) in [5.41, 5.74) is 3.81. The average molecular weight is 428 g/mol. The zero-order valence-electron chi connectivity index (χ0n) is 18.0. The molecule has 7 heteroatoms. The van der Waals surface area contributed by atoms with Gasteiger partial charge in [0, 0.05) is 0 Å². The molecule has 7 nitrogen and oxygen atoms in total. The molecule has 32 heavy (non-hydrogen) atoms. The van der Waals surface area contributed by atoms with Crippen LogP contribution in [0.4, 0.5) is 17.1 Å². The van der Waals surface area contributed by atoms with Crippen LogP contribution in [0.5, 0.6) is 0 Å². The number of azo groups is 1. The van der Waals surface area contributed by atoms with Crippen molar-refractivity contribution in [1.82, 2.24) is 4.90 Å². The fraction of sp³-hybridized carbons (Fsp3) is 0.320. The molecule has 1 N–H and O–H groups in total. The van der Waals surface area contributed by atoms with Gasteiger partial charge < -0.3 is 5.32 Å². The van der Waals surface area contributed by atoms with Crippen LogP contribution in [0.15, 0.2) is 64.8 Å². The zero-order valence-corrected chi connectivity index (χ0v) is 18.0. The van der Waals surface area contributed by atoms with E-state index in [1.54, 1.807) is 6.07 Å². The molecule has 3 amide bonds. The second kappa shape index (κ2) is 7.82. The average Bonchev–Trinajstić information content (AvgIpc) is 3.45. The van der Waals surface area contributed by atoms with Crippen molar-refractivity contribution in [1.29, 1.82) is 0 Å². The maximum absolute atomic E-state index is 12.8. The highest BCUT2D eigenvalue weighted by atomic mass is 16.2. The maximum Gasteiger partial charge on any atom is 0.244 e. The lowest BCUT2D eigenvalue weighted by molar-refractivity contribution is -0.143. The second-order valence-corrected chi connectivity index (χ2v) is 8.87. The first-order chi connectivity index (χ1) is 15.4. The van der Waals surface area contributed by atoms with Crippen molar-refractivity contribution in [3.63, 3.8) is 0 Å². The fourth-order valence-corrected chi connectivity index (χ4v) is 5.01.